The number of ether oxygens (including phenoxy) is 2. The fourth-order valence-electron chi connectivity index (χ4n) is 2.83. The van der Waals surface area contributed by atoms with Gasteiger partial charge < -0.3 is 9.47 Å². The van der Waals surface area contributed by atoms with Gasteiger partial charge in [0.25, 0.3) is 0 Å². The molecule has 112 valence electrons. The monoisotopic (exact) mass is 271 g/mol. The van der Waals surface area contributed by atoms with Crippen LogP contribution >= 0.6 is 0 Å². The number of cyclic esters (lactones) is 2. The van der Waals surface area contributed by atoms with Gasteiger partial charge in [0.15, 0.2) is 0 Å². The first-order chi connectivity index (χ1) is 8.29. The van der Waals surface area contributed by atoms with Crippen molar-refractivity contribution in [3.8, 4) is 0 Å². The van der Waals surface area contributed by atoms with Gasteiger partial charge in [-0.1, -0.05) is 6.92 Å². The van der Waals surface area contributed by atoms with Crippen molar-refractivity contribution in [2.45, 2.75) is 84.6 Å². The molecule has 0 aromatic carbocycles. The van der Waals surface area contributed by atoms with Crippen molar-refractivity contribution in [2.24, 2.45) is 0 Å². The molecule has 0 spiro atoms. The average molecular weight is 271 g/mol. The summed E-state index contributed by atoms with van der Waals surface area (Å²) in [5.41, 5.74) is -1.87. The third-order valence-corrected chi connectivity index (χ3v) is 5.29. The molecule has 0 radical (unpaired) electrons. The first kappa shape index (κ1) is 16.3. The second-order valence-electron chi connectivity index (χ2n) is 7.34. The zero-order valence-corrected chi connectivity index (χ0v) is 13.9. The molecule has 1 aliphatic heterocycles. The van der Waals surface area contributed by atoms with Crippen molar-refractivity contribution in [1.82, 2.24) is 4.90 Å². The van der Waals surface area contributed by atoms with Crippen molar-refractivity contribution in [2.75, 3.05) is 6.54 Å². The van der Waals surface area contributed by atoms with Gasteiger partial charge in [0, 0.05) is 0 Å². The molecule has 1 saturated heterocycles. The predicted molar refractivity (Wildman–Crippen MR) is 76.3 cm³/mol. The Kier molecular flexibility index (Phi) is 3.74. The lowest BCUT2D eigenvalue weighted by molar-refractivity contribution is -0.206. The molecule has 1 fully saturated rings. The lowest BCUT2D eigenvalue weighted by atomic mass is 9.75. The van der Waals surface area contributed by atoms with Gasteiger partial charge in [-0.15, -0.1) is 0 Å². The third-order valence-electron chi connectivity index (χ3n) is 5.29. The van der Waals surface area contributed by atoms with Crippen molar-refractivity contribution < 1.29 is 14.3 Å². The molecular weight excluding hydrogens is 242 g/mol. The van der Waals surface area contributed by atoms with Gasteiger partial charge in [-0.2, -0.15) is 0 Å². The number of rotatable bonds is 1. The average Bonchev–Trinajstić information content (AvgIpc) is 2.13. The molecule has 0 N–H and O–H groups in total. The van der Waals surface area contributed by atoms with Crippen LogP contribution in [-0.4, -0.2) is 39.9 Å². The van der Waals surface area contributed by atoms with Crippen LogP contribution in [-0.2, 0) is 9.47 Å². The fourth-order valence-corrected chi connectivity index (χ4v) is 2.83. The van der Waals surface area contributed by atoms with Gasteiger partial charge in [-0.3, -0.25) is 4.90 Å². The molecule has 1 aliphatic rings. The van der Waals surface area contributed by atoms with Crippen LogP contribution in [0.15, 0.2) is 0 Å². The molecule has 0 bridgehead atoms. The standard InChI is InChI=1S/C15H29NO3/c1-10-16-12(2,3)14(6,7)18-11(17)19-15(8,9)13(16,4)5/h10H2,1-9H3. The van der Waals surface area contributed by atoms with E-state index in [0.29, 0.717) is 0 Å². The molecule has 4 heteroatoms. The van der Waals surface area contributed by atoms with Crippen LogP contribution in [0.4, 0.5) is 4.79 Å². The van der Waals surface area contributed by atoms with E-state index >= 15 is 0 Å². The smallest absolute Gasteiger partial charge is 0.426 e. The maximum atomic E-state index is 12.0. The van der Waals surface area contributed by atoms with E-state index in [1.54, 1.807) is 0 Å². The van der Waals surface area contributed by atoms with Crippen LogP contribution in [0.5, 0.6) is 0 Å². The van der Waals surface area contributed by atoms with Crippen LogP contribution < -0.4 is 0 Å². The van der Waals surface area contributed by atoms with Crippen molar-refractivity contribution >= 4 is 6.16 Å². The zero-order chi connectivity index (χ0) is 15.3. The van der Waals surface area contributed by atoms with Gasteiger partial charge in [0.2, 0.25) is 0 Å². The zero-order valence-electron chi connectivity index (χ0n) is 13.9. The molecule has 19 heavy (non-hydrogen) atoms. The number of carbonyl (C=O) groups excluding carboxylic acids is 1. The summed E-state index contributed by atoms with van der Waals surface area (Å²) in [4.78, 5) is 14.3. The normalized spacial score (nSPS) is 28.8. The van der Waals surface area contributed by atoms with Crippen molar-refractivity contribution in [1.29, 1.82) is 0 Å². The summed E-state index contributed by atoms with van der Waals surface area (Å²) in [5, 5.41) is 0. The molecule has 4 nitrogen and oxygen atoms in total. The van der Waals surface area contributed by atoms with E-state index in [1.165, 1.54) is 0 Å². The highest BCUT2D eigenvalue weighted by Crippen LogP contribution is 2.43. The first-order valence-electron chi connectivity index (χ1n) is 6.99. The van der Waals surface area contributed by atoms with E-state index in [9.17, 15) is 4.79 Å². The quantitative estimate of drug-likeness (QED) is 0.683. The van der Waals surface area contributed by atoms with Gasteiger partial charge in [-0.25, -0.2) is 4.79 Å². The van der Waals surface area contributed by atoms with Gasteiger partial charge in [0.05, 0.1) is 11.1 Å². The minimum Gasteiger partial charge on any atom is -0.426 e. The number of likely N-dealkylation sites (N-methyl/N-ethyl adjacent to an activating group) is 1. The Morgan fingerprint density at radius 2 is 1.16 bits per heavy atom. The third kappa shape index (κ3) is 2.35. The molecule has 0 saturated carbocycles. The van der Waals surface area contributed by atoms with Crippen LogP contribution in [0, 0.1) is 0 Å². The Balaban J connectivity index is 3.43. The van der Waals surface area contributed by atoms with Crippen molar-refractivity contribution in [3.05, 3.63) is 0 Å². The molecule has 0 aliphatic carbocycles. The highest BCUT2D eigenvalue weighted by Gasteiger charge is 2.57. The van der Waals surface area contributed by atoms with Gasteiger partial charge in [0.1, 0.15) is 11.2 Å². The Bertz CT molecular complexity index is 338. The van der Waals surface area contributed by atoms with E-state index < -0.39 is 17.4 Å². The summed E-state index contributed by atoms with van der Waals surface area (Å²) in [6, 6.07) is 0. The fraction of sp³-hybridized carbons (Fsp3) is 0.933. The molecule has 0 amide bonds. The molecular formula is C15H29NO3. The molecule has 0 aromatic heterocycles. The Labute approximate surface area is 117 Å². The van der Waals surface area contributed by atoms with Gasteiger partial charge in [-0.05, 0) is 61.9 Å². The Morgan fingerprint density at radius 3 is 1.42 bits per heavy atom. The first-order valence-corrected chi connectivity index (χ1v) is 6.99. The lowest BCUT2D eigenvalue weighted by Crippen LogP contribution is -2.72. The van der Waals surface area contributed by atoms with E-state index in [-0.39, 0.29) is 11.1 Å². The maximum Gasteiger partial charge on any atom is 0.509 e. The highest BCUT2D eigenvalue weighted by molar-refractivity contribution is 5.62. The van der Waals surface area contributed by atoms with E-state index in [2.05, 4.69) is 39.5 Å². The Hall–Kier alpha value is -0.770. The summed E-state index contributed by atoms with van der Waals surface area (Å²) < 4.78 is 11.1. The summed E-state index contributed by atoms with van der Waals surface area (Å²) in [6.45, 7) is 19.2. The minimum absolute atomic E-state index is 0.304. The summed E-state index contributed by atoms with van der Waals surface area (Å²) in [7, 11) is 0. The predicted octanol–water partition coefficient (Wildman–Crippen LogP) is 3.59. The maximum absolute atomic E-state index is 12.0. The molecule has 1 heterocycles. The van der Waals surface area contributed by atoms with Crippen LogP contribution in [0.25, 0.3) is 0 Å². The number of nitrogens with zero attached hydrogens (tertiary/aromatic N) is 1. The SMILES string of the molecule is CCN1C(C)(C)C(C)(C)OC(=O)OC(C)(C)C1(C)C. The van der Waals surface area contributed by atoms with Crippen LogP contribution in [0.1, 0.15) is 62.3 Å². The number of hydrogen-bond donors (Lipinski definition) is 0. The van der Waals surface area contributed by atoms with E-state index in [1.807, 2.05) is 27.7 Å². The summed E-state index contributed by atoms with van der Waals surface area (Å²) in [5.74, 6) is 0. The van der Waals surface area contributed by atoms with Crippen LogP contribution in [0.3, 0.4) is 0 Å². The van der Waals surface area contributed by atoms with Gasteiger partial charge >= 0.3 is 6.16 Å². The van der Waals surface area contributed by atoms with E-state index in [0.717, 1.165) is 6.54 Å². The van der Waals surface area contributed by atoms with Crippen molar-refractivity contribution in [3.63, 3.8) is 0 Å². The second-order valence-corrected chi connectivity index (χ2v) is 7.34. The highest BCUT2D eigenvalue weighted by atomic mass is 16.7. The topological polar surface area (TPSA) is 38.8 Å². The molecule has 0 aromatic rings. The summed E-state index contributed by atoms with van der Waals surface area (Å²) in [6.07, 6.45) is -0.591. The van der Waals surface area contributed by atoms with Crippen LogP contribution in [0.2, 0.25) is 0 Å². The molecule has 0 unspecified atom stereocenters. The number of hydrogen-bond acceptors (Lipinski definition) is 4. The Morgan fingerprint density at radius 1 is 0.842 bits per heavy atom. The second kappa shape index (κ2) is 4.37. The minimum atomic E-state index is -0.631. The number of carbonyl (C=O) groups is 1. The molecule has 0 atom stereocenters. The molecule has 1 rings (SSSR count). The largest absolute Gasteiger partial charge is 0.509 e. The van der Waals surface area contributed by atoms with E-state index in [4.69, 9.17) is 9.47 Å². The lowest BCUT2D eigenvalue weighted by Gasteiger charge is -2.59. The summed E-state index contributed by atoms with van der Waals surface area (Å²) >= 11 is 0.